The summed E-state index contributed by atoms with van der Waals surface area (Å²) < 4.78 is 6.40. The fourth-order valence-electron chi connectivity index (χ4n) is 1.73. The maximum Gasteiger partial charge on any atom is 0.310 e. The SMILES string of the molecule is CC1(C)C[C@H](C(=O)OCC[N+](C)(C)C)CS1. The summed E-state index contributed by atoms with van der Waals surface area (Å²) in [7, 11) is 6.30. The van der Waals surface area contributed by atoms with Gasteiger partial charge in [-0.2, -0.15) is 11.8 Å². The lowest BCUT2D eigenvalue weighted by molar-refractivity contribution is -0.870. The first kappa shape index (κ1) is 13.8. The average molecular weight is 246 g/mol. The van der Waals surface area contributed by atoms with Crippen LogP contribution >= 0.6 is 11.8 Å². The number of hydrogen-bond acceptors (Lipinski definition) is 3. The molecule has 0 aromatic heterocycles. The first-order valence-electron chi connectivity index (χ1n) is 5.81. The summed E-state index contributed by atoms with van der Waals surface area (Å²) in [5, 5.41) is 0. The lowest BCUT2D eigenvalue weighted by Crippen LogP contribution is -2.38. The summed E-state index contributed by atoms with van der Waals surface area (Å²) in [4.78, 5) is 11.8. The second kappa shape index (κ2) is 4.96. The molecule has 0 aromatic rings. The predicted molar refractivity (Wildman–Crippen MR) is 68.5 cm³/mol. The Bertz CT molecular complexity index is 258. The van der Waals surface area contributed by atoms with Crippen molar-refractivity contribution in [3.05, 3.63) is 0 Å². The van der Waals surface area contributed by atoms with E-state index < -0.39 is 0 Å². The van der Waals surface area contributed by atoms with Crippen LogP contribution in [0.4, 0.5) is 0 Å². The fourth-order valence-corrected chi connectivity index (χ4v) is 2.95. The average Bonchev–Trinajstić information content (AvgIpc) is 2.43. The molecule has 1 heterocycles. The van der Waals surface area contributed by atoms with Gasteiger partial charge in [0.15, 0.2) is 0 Å². The molecule has 0 aliphatic carbocycles. The monoisotopic (exact) mass is 246 g/mol. The Hall–Kier alpha value is -0.220. The number of esters is 1. The highest BCUT2D eigenvalue weighted by Crippen LogP contribution is 2.41. The lowest BCUT2D eigenvalue weighted by atomic mass is 9.99. The van der Waals surface area contributed by atoms with Crippen LogP contribution < -0.4 is 0 Å². The number of quaternary nitrogens is 1. The van der Waals surface area contributed by atoms with Crippen molar-refractivity contribution in [1.82, 2.24) is 0 Å². The summed E-state index contributed by atoms with van der Waals surface area (Å²) >= 11 is 1.87. The van der Waals surface area contributed by atoms with Crippen LogP contribution in [-0.2, 0) is 9.53 Å². The molecule has 1 atom stereocenters. The van der Waals surface area contributed by atoms with E-state index in [0.29, 0.717) is 6.61 Å². The third kappa shape index (κ3) is 4.74. The Balaban J connectivity index is 2.27. The Morgan fingerprint density at radius 3 is 2.50 bits per heavy atom. The van der Waals surface area contributed by atoms with Crippen LogP contribution in [0.25, 0.3) is 0 Å². The van der Waals surface area contributed by atoms with Gasteiger partial charge in [-0.15, -0.1) is 0 Å². The topological polar surface area (TPSA) is 26.3 Å². The second-order valence-electron chi connectivity index (χ2n) is 6.15. The highest BCUT2D eigenvalue weighted by molar-refractivity contribution is 8.00. The summed E-state index contributed by atoms with van der Waals surface area (Å²) in [6.07, 6.45) is 0.945. The molecule has 0 radical (unpaired) electrons. The van der Waals surface area contributed by atoms with Crippen molar-refractivity contribution in [3.8, 4) is 0 Å². The minimum absolute atomic E-state index is 0.00785. The highest BCUT2D eigenvalue weighted by Gasteiger charge is 2.36. The molecule has 1 aliphatic rings. The number of ether oxygens (including phenoxy) is 1. The smallest absolute Gasteiger partial charge is 0.310 e. The van der Waals surface area contributed by atoms with Crippen molar-refractivity contribution in [2.75, 3.05) is 40.0 Å². The molecule has 1 saturated heterocycles. The van der Waals surface area contributed by atoms with E-state index in [1.54, 1.807) is 0 Å². The minimum atomic E-state index is -0.00785. The van der Waals surface area contributed by atoms with Crippen molar-refractivity contribution < 1.29 is 14.0 Å². The number of rotatable bonds is 4. The van der Waals surface area contributed by atoms with E-state index in [9.17, 15) is 4.79 Å². The van der Waals surface area contributed by atoms with Crippen molar-refractivity contribution in [3.63, 3.8) is 0 Å². The molecular formula is C12H24NO2S+. The van der Waals surface area contributed by atoms with Gasteiger partial charge in [0, 0.05) is 10.5 Å². The molecule has 0 amide bonds. The Labute approximate surface area is 103 Å². The number of thioether (sulfide) groups is 1. The van der Waals surface area contributed by atoms with Crippen LogP contribution in [0.5, 0.6) is 0 Å². The molecule has 0 spiro atoms. The van der Waals surface area contributed by atoms with Crippen LogP contribution in [0.15, 0.2) is 0 Å². The van der Waals surface area contributed by atoms with E-state index in [1.807, 2.05) is 11.8 Å². The standard InChI is InChI=1S/C12H24NO2S/c1-12(2)8-10(9-16-12)11(14)15-7-6-13(3,4)5/h10H,6-9H2,1-5H3/q+1/t10-/m0/s1. The largest absolute Gasteiger partial charge is 0.459 e. The van der Waals surface area contributed by atoms with Gasteiger partial charge >= 0.3 is 5.97 Å². The van der Waals surface area contributed by atoms with Crippen molar-refractivity contribution in [1.29, 1.82) is 0 Å². The van der Waals surface area contributed by atoms with E-state index in [-0.39, 0.29) is 16.6 Å². The van der Waals surface area contributed by atoms with Gasteiger partial charge < -0.3 is 9.22 Å². The summed E-state index contributed by atoms with van der Waals surface area (Å²) in [5.41, 5.74) is 0. The molecule has 1 aliphatic heterocycles. The van der Waals surface area contributed by atoms with Crippen LogP contribution in [0.2, 0.25) is 0 Å². The number of nitrogens with zero attached hydrogens (tertiary/aromatic N) is 1. The molecule has 0 aromatic carbocycles. The van der Waals surface area contributed by atoms with Crippen molar-refractivity contribution >= 4 is 17.7 Å². The van der Waals surface area contributed by atoms with Crippen LogP contribution in [0, 0.1) is 5.92 Å². The van der Waals surface area contributed by atoms with E-state index in [2.05, 4.69) is 35.0 Å². The molecule has 94 valence electrons. The quantitative estimate of drug-likeness (QED) is 0.558. The maximum absolute atomic E-state index is 11.8. The highest BCUT2D eigenvalue weighted by atomic mass is 32.2. The Morgan fingerprint density at radius 1 is 1.44 bits per heavy atom. The zero-order chi connectivity index (χ0) is 12.4. The number of hydrogen-bond donors (Lipinski definition) is 0. The van der Waals surface area contributed by atoms with Gasteiger partial charge in [0.25, 0.3) is 0 Å². The van der Waals surface area contributed by atoms with E-state index in [4.69, 9.17) is 4.74 Å². The van der Waals surface area contributed by atoms with E-state index >= 15 is 0 Å². The molecule has 0 unspecified atom stereocenters. The maximum atomic E-state index is 11.8. The zero-order valence-corrected chi connectivity index (χ0v) is 11.9. The Morgan fingerprint density at radius 2 is 2.06 bits per heavy atom. The predicted octanol–water partition coefficient (Wildman–Crippen LogP) is 1.77. The van der Waals surface area contributed by atoms with Gasteiger partial charge in [-0.25, -0.2) is 0 Å². The van der Waals surface area contributed by atoms with Crippen LogP contribution in [-0.4, -0.2) is 55.2 Å². The first-order valence-corrected chi connectivity index (χ1v) is 6.79. The molecule has 1 fully saturated rings. The van der Waals surface area contributed by atoms with Gasteiger partial charge in [-0.05, 0) is 6.42 Å². The minimum Gasteiger partial charge on any atom is -0.459 e. The zero-order valence-electron chi connectivity index (χ0n) is 11.1. The van der Waals surface area contributed by atoms with Crippen LogP contribution in [0.3, 0.4) is 0 Å². The van der Waals surface area contributed by atoms with E-state index in [0.717, 1.165) is 23.2 Å². The lowest BCUT2D eigenvalue weighted by Gasteiger charge is -2.23. The van der Waals surface area contributed by atoms with Gasteiger partial charge in [0.05, 0.1) is 27.1 Å². The van der Waals surface area contributed by atoms with Crippen LogP contribution in [0.1, 0.15) is 20.3 Å². The van der Waals surface area contributed by atoms with Crippen molar-refractivity contribution in [2.45, 2.75) is 25.0 Å². The van der Waals surface area contributed by atoms with Gasteiger partial charge in [-0.3, -0.25) is 4.79 Å². The summed E-state index contributed by atoms with van der Waals surface area (Å²) in [6, 6.07) is 0. The molecule has 1 rings (SSSR count). The van der Waals surface area contributed by atoms with Gasteiger partial charge in [0.2, 0.25) is 0 Å². The molecule has 0 saturated carbocycles. The first-order chi connectivity index (χ1) is 7.20. The normalized spacial score (nSPS) is 24.4. The number of carbonyl (C=O) groups is 1. The van der Waals surface area contributed by atoms with Gasteiger partial charge in [0.1, 0.15) is 13.2 Å². The fraction of sp³-hybridized carbons (Fsp3) is 0.917. The summed E-state index contributed by atoms with van der Waals surface area (Å²) in [6.45, 7) is 5.78. The Kier molecular flexibility index (Phi) is 4.29. The van der Waals surface area contributed by atoms with Gasteiger partial charge in [-0.1, -0.05) is 13.8 Å². The summed E-state index contributed by atoms with van der Waals surface area (Å²) in [5.74, 6) is 1.01. The third-order valence-electron chi connectivity index (χ3n) is 2.75. The van der Waals surface area contributed by atoms with Crippen molar-refractivity contribution in [2.24, 2.45) is 5.92 Å². The molecule has 4 heteroatoms. The second-order valence-corrected chi connectivity index (χ2v) is 7.88. The molecular weight excluding hydrogens is 222 g/mol. The van der Waals surface area contributed by atoms with E-state index in [1.165, 1.54) is 0 Å². The molecule has 16 heavy (non-hydrogen) atoms. The number of likely N-dealkylation sites (N-methyl/N-ethyl adjacent to an activating group) is 1. The molecule has 0 bridgehead atoms. The molecule has 0 N–H and O–H groups in total. The molecule has 3 nitrogen and oxygen atoms in total. The third-order valence-corrected chi connectivity index (χ3v) is 4.27. The number of carbonyl (C=O) groups excluding carboxylic acids is 1.